The lowest BCUT2D eigenvalue weighted by molar-refractivity contribution is 0.314. The van der Waals surface area contributed by atoms with Crippen molar-refractivity contribution in [1.82, 2.24) is 4.90 Å². The number of hydrogen-bond donors (Lipinski definition) is 0. The maximum absolute atomic E-state index is 2.40. The summed E-state index contributed by atoms with van der Waals surface area (Å²) >= 11 is 0. The topological polar surface area (TPSA) is 3.24 Å². The lowest BCUT2D eigenvalue weighted by atomic mass is 9.91. The molecule has 252 valence electrons. The first-order chi connectivity index (χ1) is 21.2. The summed E-state index contributed by atoms with van der Waals surface area (Å²) in [5.41, 5.74) is 0. The van der Waals surface area contributed by atoms with Gasteiger partial charge in [-0.2, -0.15) is 0 Å². The fourth-order valence-electron chi connectivity index (χ4n) is 5.89. The molecule has 1 atom stereocenters. The largest absolute Gasteiger partial charge is 0.309 e. The van der Waals surface area contributed by atoms with Crippen LogP contribution in [0.15, 0.2) is 48.6 Å². The summed E-state index contributed by atoms with van der Waals surface area (Å²) < 4.78 is 0. The van der Waals surface area contributed by atoms with Gasteiger partial charge in [-0.05, 0) is 97.2 Å². The van der Waals surface area contributed by atoms with E-state index in [9.17, 15) is 0 Å². The van der Waals surface area contributed by atoms with E-state index < -0.39 is 0 Å². The van der Waals surface area contributed by atoms with Crippen LogP contribution in [0, 0.1) is 5.92 Å². The average molecular weight is 598 g/mol. The first-order valence-electron chi connectivity index (χ1n) is 19.4. The number of rotatable bonds is 34. The van der Waals surface area contributed by atoms with E-state index in [1.165, 1.54) is 173 Å². The molecule has 1 heteroatoms. The Labute approximate surface area is 273 Å². The lowest BCUT2D eigenvalue weighted by Gasteiger charge is -2.19. The van der Waals surface area contributed by atoms with Gasteiger partial charge in [0.05, 0.1) is 0 Å². The SMILES string of the molecule is CCCCC/C=C\C/C=C\CCCCCCCCCC(CCCCCCCC/C=C\C/C=C\CCCCC)CCN(C)C. The molecule has 0 aliphatic carbocycles. The van der Waals surface area contributed by atoms with Crippen LogP contribution in [0.4, 0.5) is 0 Å². The first-order valence-corrected chi connectivity index (χ1v) is 19.4. The number of allylic oxidation sites excluding steroid dienone is 8. The molecule has 0 saturated carbocycles. The van der Waals surface area contributed by atoms with Gasteiger partial charge in [0.15, 0.2) is 0 Å². The molecule has 0 aromatic rings. The van der Waals surface area contributed by atoms with Crippen molar-refractivity contribution in [3.05, 3.63) is 48.6 Å². The smallest absolute Gasteiger partial charge is 0.00222 e. The van der Waals surface area contributed by atoms with Crippen molar-refractivity contribution in [3.8, 4) is 0 Å². The third kappa shape index (κ3) is 37.0. The van der Waals surface area contributed by atoms with E-state index >= 15 is 0 Å². The van der Waals surface area contributed by atoms with Gasteiger partial charge < -0.3 is 4.90 Å². The van der Waals surface area contributed by atoms with E-state index in [1.807, 2.05) is 0 Å². The highest BCUT2D eigenvalue weighted by molar-refractivity contribution is 4.93. The van der Waals surface area contributed by atoms with Crippen LogP contribution < -0.4 is 0 Å². The summed E-state index contributed by atoms with van der Waals surface area (Å²) in [5, 5.41) is 0. The molecule has 0 heterocycles. The molecule has 0 saturated heterocycles. The zero-order valence-electron chi connectivity index (χ0n) is 30.1. The molecule has 0 aliphatic rings. The molecule has 0 bridgehead atoms. The minimum Gasteiger partial charge on any atom is -0.309 e. The van der Waals surface area contributed by atoms with Gasteiger partial charge in [-0.3, -0.25) is 0 Å². The summed E-state index contributed by atoms with van der Waals surface area (Å²) in [6, 6.07) is 0. The molecule has 1 nitrogen and oxygen atoms in total. The molecule has 0 amide bonds. The van der Waals surface area contributed by atoms with Crippen molar-refractivity contribution in [2.45, 2.75) is 194 Å². The van der Waals surface area contributed by atoms with Crippen molar-refractivity contribution in [1.29, 1.82) is 0 Å². The van der Waals surface area contributed by atoms with Gasteiger partial charge in [0.2, 0.25) is 0 Å². The average Bonchev–Trinajstić information content (AvgIpc) is 3.00. The Hall–Kier alpha value is -1.08. The highest BCUT2D eigenvalue weighted by Gasteiger charge is 2.09. The van der Waals surface area contributed by atoms with Crippen molar-refractivity contribution in [3.63, 3.8) is 0 Å². The summed E-state index contributed by atoms with van der Waals surface area (Å²) in [7, 11) is 4.47. The monoisotopic (exact) mass is 598 g/mol. The van der Waals surface area contributed by atoms with E-state index in [1.54, 1.807) is 0 Å². The van der Waals surface area contributed by atoms with E-state index in [0.717, 1.165) is 18.8 Å². The normalized spacial score (nSPS) is 13.2. The van der Waals surface area contributed by atoms with E-state index in [-0.39, 0.29) is 0 Å². The predicted molar refractivity (Wildman–Crippen MR) is 199 cm³/mol. The summed E-state index contributed by atoms with van der Waals surface area (Å²) in [6.07, 6.45) is 57.2. The van der Waals surface area contributed by atoms with Gasteiger partial charge in [-0.15, -0.1) is 0 Å². The Morgan fingerprint density at radius 3 is 1.05 bits per heavy atom. The standard InChI is InChI=1S/C42H79N/c1-5-7-9-11-13-15-17-19-21-23-25-27-29-31-33-35-37-39-42(40-41-43(3)4)38-36-34-32-30-28-26-24-22-20-18-16-14-12-10-8-6-2/h13-16,19-22,42H,5-12,17-18,23-41H2,1-4H3/b15-13-,16-14-,21-19-,22-20-. The molecular weight excluding hydrogens is 518 g/mol. The van der Waals surface area contributed by atoms with Crippen LogP contribution in [0.3, 0.4) is 0 Å². The minimum atomic E-state index is 0.950. The Morgan fingerprint density at radius 2 is 0.698 bits per heavy atom. The molecule has 0 spiro atoms. The fourth-order valence-corrected chi connectivity index (χ4v) is 5.89. The molecule has 0 aromatic heterocycles. The van der Waals surface area contributed by atoms with Crippen LogP contribution in [-0.4, -0.2) is 25.5 Å². The van der Waals surface area contributed by atoms with Crippen LogP contribution in [0.1, 0.15) is 194 Å². The number of unbranched alkanes of at least 4 members (excludes halogenated alkanes) is 19. The molecule has 0 rings (SSSR count). The van der Waals surface area contributed by atoms with Crippen molar-refractivity contribution in [2.24, 2.45) is 5.92 Å². The third-order valence-electron chi connectivity index (χ3n) is 8.86. The maximum Gasteiger partial charge on any atom is -0.00222 e. The molecule has 0 radical (unpaired) electrons. The molecule has 43 heavy (non-hydrogen) atoms. The molecule has 0 aromatic carbocycles. The van der Waals surface area contributed by atoms with E-state index in [0.29, 0.717) is 0 Å². The third-order valence-corrected chi connectivity index (χ3v) is 8.86. The Balaban J connectivity index is 3.68. The molecule has 0 aliphatic heterocycles. The molecule has 1 unspecified atom stereocenters. The predicted octanol–water partition coefficient (Wildman–Crippen LogP) is 14.4. The van der Waals surface area contributed by atoms with Crippen molar-refractivity contribution in [2.75, 3.05) is 20.6 Å². The highest BCUT2D eigenvalue weighted by Crippen LogP contribution is 2.22. The summed E-state index contributed by atoms with van der Waals surface area (Å²) in [6.45, 7) is 5.81. The second-order valence-corrected chi connectivity index (χ2v) is 13.6. The molecule has 0 N–H and O–H groups in total. The zero-order chi connectivity index (χ0) is 31.3. The van der Waals surface area contributed by atoms with Gasteiger partial charge >= 0.3 is 0 Å². The van der Waals surface area contributed by atoms with Crippen molar-refractivity contribution < 1.29 is 0 Å². The van der Waals surface area contributed by atoms with Gasteiger partial charge in [0.1, 0.15) is 0 Å². The highest BCUT2D eigenvalue weighted by atomic mass is 15.0. The van der Waals surface area contributed by atoms with Crippen LogP contribution in [-0.2, 0) is 0 Å². The molecular formula is C42H79N. The van der Waals surface area contributed by atoms with Crippen LogP contribution in [0.25, 0.3) is 0 Å². The van der Waals surface area contributed by atoms with Crippen LogP contribution >= 0.6 is 0 Å². The van der Waals surface area contributed by atoms with Crippen molar-refractivity contribution >= 4 is 0 Å². The van der Waals surface area contributed by atoms with Gasteiger partial charge in [0.25, 0.3) is 0 Å². The van der Waals surface area contributed by atoms with Gasteiger partial charge in [-0.25, -0.2) is 0 Å². The van der Waals surface area contributed by atoms with Gasteiger partial charge in [0, 0.05) is 0 Å². The zero-order valence-corrected chi connectivity index (χ0v) is 30.1. The first kappa shape index (κ1) is 41.9. The maximum atomic E-state index is 2.40. The Bertz CT molecular complexity index is 625. The second-order valence-electron chi connectivity index (χ2n) is 13.6. The second kappa shape index (κ2) is 37.1. The fraction of sp³-hybridized carbons (Fsp3) is 0.810. The summed E-state index contributed by atoms with van der Waals surface area (Å²) in [4.78, 5) is 2.38. The quantitative estimate of drug-likeness (QED) is 0.0527. The van der Waals surface area contributed by atoms with E-state index in [4.69, 9.17) is 0 Å². The number of hydrogen-bond acceptors (Lipinski definition) is 1. The summed E-state index contributed by atoms with van der Waals surface area (Å²) in [5.74, 6) is 0.950. The van der Waals surface area contributed by atoms with Crippen LogP contribution in [0.2, 0.25) is 0 Å². The minimum absolute atomic E-state index is 0.950. The Morgan fingerprint density at radius 1 is 0.372 bits per heavy atom. The lowest BCUT2D eigenvalue weighted by Crippen LogP contribution is -2.17. The number of nitrogens with zero attached hydrogens (tertiary/aromatic N) is 1. The molecule has 0 fully saturated rings. The van der Waals surface area contributed by atoms with Crippen LogP contribution in [0.5, 0.6) is 0 Å². The Kier molecular flexibility index (Phi) is 36.2. The van der Waals surface area contributed by atoms with Gasteiger partial charge in [-0.1, -0.05) is 172 Å². The van der Waals surface area contributed by atoms with E-state index in [2.05, 4.69) is 81.5 Å².